The maximum absolute atomic E-state index is 13.6. The Morgan fingerprint density at radius 2 is 1.59 bits per heavy atom. The van der Waals surface area contributed by atoms with Crippen molar-refractivity contribution < 1.29 is 27.9 Å². The van der Waals surface area contributed by atoms with Crippen molar-refractivity contribution in [2.45, 2.75) is 37.7 Å². The summed E-state index contributed by atoms with van der Waals surface area (Å²) < 4.78 is 35.1. The zero-order valence-electron chi connectivity index (χ0n) is 22.4. The summed E-state index contributed by atoms with van der Waals surface area (Å²) in [5.41, 5.74) is -0.00241. The van der Waals surface area contributed by atoms with Gasteiger partial charge in [-0.05, 0) is 95.5 Å². The van der Waals surface area contributed by atoms with Crippen molar-refractivity contribution in [3.05, 3.63) is 74.6 Å². The standard InChI is InChI=1S/C27H29Br2ClN4O6S/c1-27(2,3)40-26(37)31-15-8-16-32-41(38,39)24-19(30)13-14-22(23(24)35)34(21-12-7-5-10-18(21)29)25(36)33-20-11-6-4-9-17(20)28/h4-7,9-14,32,35H,8,15-16H2,1-3H3,(H,31,37)(H,33,36). The number of rotatable bonds is 9. The minimum Gasteiger partial charge on any atom is -0.504 e. The maximum Gasteiger partial charge on any atom is 0.407 e. The fourth-order valence-corrected chi connectivity index (χ4v) is 6.10. The molecule has 3 aromatic carbocycles. The first-order chi connectivity index (χ1) is 19.2. The molecular weight excluding hydrogens is 704 g/mol. The summed E-state index contributed by atoms with van der Waals surface area (Å²) in [5.74, 6) is -0.727. The molecule has 0 aliphatic carbocycles. The third-order valence-corrected chi connectivity index (χ3v) is 8.62. The first-order valence-corrected chi connectivity index (χ1v) is 15.7. The van der Waals surface area contributed by atoms with E-state index >= 15 is 0 Å². The van der Waals surface area contributed by atoms with E-state index in [-0.39, 0.29) is 30.2 Å². The van der Waals surface area contributed by atoms with E-state index in [1.165, 1.54) is 12.1 Å². The molecule has 0 radical (unpaired) electrons. The highest BCUT2D eigenvalue weighted by Crippen LogP contribution is 2.43. The molecule has 3 amide bonds. The van der Waals surface area contributed by atoms with E-state index in [0.29, 0.717) is 20.3 Å². The van der Waals surface area contributed by atoms with Gasteiger partial charge in [0.15, 0.2) is 5.75 Å². The van der Waals surface area contributed by atoms with Crippen LogP contribution in [0.25, 0.3) is 0 Å². The van der Waals surface area contributed by atoms with Gasteiger partial charge in [0.1, 0.15) is 10.5 Å². The Kier molecular flexibility index (Phi) is 11.1. The van der Waals surface area contributed by atoms with Gasteiger partial charge in [0.05, 0.1) is 22.1 Å². The Bertz CT molecular complexity index is 1530. The number of nitrogens with one attached hydrogen (secondary N) is 3. The maximum atomic E-state index is 13.6. The molecule has 3 aromatic rings. The molecule has 3 rings (SSSR count). The lowest BCUT2D eigenvalue weighted by atomic mass is 10.2. The number of halogens is 3. The molecule has 0 fully saturated rings. The van der Waals surface area contributed by atoms with Gasteiger partial charge >= 0.3 is 12.1 Å². The van der Waals surface area contributed by atoms with Crippen LogP contribution in [0.3, 0.4) is 0 Å². The van der Waals surface area contributed by atoms with Crippen molar-refractivity contribution in [1.29, 1.82) is 0 Å². The van der Waals surface area contributed by atoms with E-state index in [2.05, 4.69) is 47.2 Å². The van der Waals surface area contributed by atoms with Crippen LogP contribution in [0.1, 0.15) is 27.2 Å². The minimum atomic E-state index is -4.34. The van der Waals surface area contributed by atoms with Gasteiger partial charge in [0.2, 0.25) is 10.0 Å². The van der Waals surface area contributed by atoms with Crippen molar-refractivity contribution in [3.63, 3.8) is 0 Å². The number of carbonyl (C=O) groups is 2. The summed E-state index contributed by atoms with van der Waals surface area (Å²) in [5, 5.41) is 16.3. The lowest BCUT2D eigenvalue weighted by Crippen LogP contribution is -2.34. The Labute approximate surface area is 260 Å². The molecule has 0 unspecified atom stereocenters. The van der Waals surface area contributed by atoms with Crippen molar-refractivity contribution in [1.82, 2.24) is 10.0 Å². The van der Waals surface area contributed by atoms with Crippen LogP contribution in [0.15, 0.2) is 74.5 Å². The lowest BCUT2D eigenvalue weighted by molar-refractivity contribution is 0.0527. The molecule has 0 aliphatic rings. The normalized spacial score (nSPS) is 11.6. The zero-order chi connectivity index (χ0) is 30.4. The quantitative estimate of drug-likeness (QED) is 0.173. The van der Waals surface area contributed by atoms with Crippen LogP contribution >= 0.6 is 43.5 Å². The summed E-state index contributed by atoms with van der Waals surface area (Å²) >= 11 is 13.1. The van der Waals surface area contributed by atoms with Crippen LogP contribution in [0, 0.1) is 0 Å². The van der Waals surface area contributed by atoms with Gasteiger partial charge < -0.3 is 20.5 Å². The number of aromatic hydroxyl groups is 1. The first kappa shape index (κ1) is 32.7. The number of hydrogen-bond donors (Lipinski definition) is 4. The third-order valence-electron chi connectivity index (χ3n) is 5.30. The van der Waals surface area contributed by atoms with Crippen molar-refractivity contribution in [2.24, 2.45) is 0 Å². The number of nitrogens with zero attached hydrogens (tertiary/aromatic N) is 1. The Hall–Kier alpha value is -2.84. The number of para-hydroxylation sites is 2. The van der Waals surface area contributed by atoms with Crippen LogP contribution in [-0.4, -0.2) is 44.3 Å². The molecule has 0 bridgehead atoms. The fourth-order valence-electron chi connectivity index (χ4n) is 3.56. The number of alkyl carbamates (subject to hydrolysis) is 1. The summed E-state index contributed by atoms with van der Waals surface area (Å²) in [6, 6.07) is 15.7. The van der Waals surface area contributed by atoms with E-state index in [0.717, 1.165) is 4.90 Å². The topological polar surface area (TPSA) is 137 Å². The number of amides is 3. The Balaban J connectivity index is 1.89. The molecule has 0 spiro atoms. The van der Waals surface area contributed by atoms with Gasteiger partial charge in [-0.3, -0.25) is 4.90 Å². The number of benzene rings is 3. The molecule has 220 valence electrons. The number of phenolic OH excluding ortho intramolecular Hbond substituents is 1. The average Bonchev–Trinajstić information content (AvgIpc) is 2.86. The molecule has 0 saturated heterocycles. The zero-order valence-corrected chi connectivity index (χ0v) is 27.1. The highest BCUT2D eigenvalue weighted by atomic mass is 79.9. The van der Waals surface area contributed by atoms with Crippen LogP contribution in [0.2, 0.25) is 5.02 Å². The number of urea groups is 1. The SMILES string of the molecule is CC(C)(C)OC(=O)NCCCNS(=O)(=O)c1c(Cl)ccc(N(C(=O)Nc2ccccc2Br)c2ccccc2Br)c1O. The second kappa shape index (κ2) is 13.9. The molecule has 0 saturated carbocycles. The number of anilines is 3. The van der Waals surface area contributed by atoms with Gasteiger partial charge in [0, 0.05) is 22.0 Å². The number of carbonyl (C=O) groups excluding carboxylic acids is 2. The first-order valence-electron chi connectivity index (χ1n) is 12.3. The second-order valence-corrected chi connectivity index (χ2v) is 13.4. The molecule has 0 atom stereocenters. The Morgan fingerprint density at radius 3 is 2.22 bits per heavy atom. The van der Waals surface area contributed by atoms with Crippen LogP contribution in [0.5, 0.6) is 5.75 Å². The predicted octanol–water partition coefficient (Wildman–Crippen LogP) is 7.13. The Morgan fingerprint density at radius 1 is 0.951 bits per heavy atom. The smallest absolute Gasteiger partial charge is 0.407 e. The van der Waals surface area contributed by atoms with Gasteiger partial charge in [-0.2, -0.15) is 0 Å². The van der Waals surface area contributed by atoms with Crippen molar-refractivity contribution in [3.8, 4) is 5.75 Å². The number of phenols is 1. The monoisotopic (exact) mass is 730 g/mol. The van der Waals surface area contributed by atoms with E-state index in [1.54, 1.807) is 69.3 Å². The highest BCUT2D eigenvalue weighted by Gasteiger charge is 2.30. The molecule has 10 nitrogen and oxygen atoms in total. The number of hydrogen-bond acceptors (Lipinski definition) is 6. The molecular formula is C27H29Br2ClN4O6S. The molecule has 4 N–H and O–H groups in total. The van der Waals surface area contributed by atoms with Crippen molar-refractivity contribution >= 4 is 82.7 Å². The summed E-state index contributed by atoms with van der Waals surface area (Å²) in [4.78, 5) is 26.0. The second-order valence-electron chi connectivity index (χ2n) is 9.62. The van der Waals surface area contributed by atoms with Gasteiger partial charge in [-0.15, -0.1) is 0 Å². The predicted molar refractivity (Wildman–Crippen MR) is 167 cm³/mol. The number of ether oxygens (including phenoxy) is 1. The van der Waals surface area contributed by atoms with E-state index < -0.39 is 38.4 Å². The summed E-state index contributed by atoms with van der Waals surface area (Å²) in [6.45, 7) is 5.25. The van der Waals surface area contributed by atoms with Gasteiger partial charge in [-0.25, -0.2) is 22.7 Å². The van der Waals surface area contributed by atoms with E-state index in [4.69, 9.17) is 16.3 Å². The highest BCUT2D eigenvalue weighted by molar-refractivity contribution is 9.11. The third kappa shape index (κ3) is 8.82. The van der Waals surface area contributed by atoms with Crippen LogP contribution in [-0.2, 0) is 14.8 Å². The minimum absolute atomic E-state index is 0.0748. The van der Waals surface area contributed by atoms with Gasteiger partial charge in [0.25, 0.3) is 0 Å². The largest absolute Gasteiger partial charge is 0.504 e. The molecule has 0 aromatic heterocycles. The van der Waals surface area contributed by atoms with E-state index in [9.17, 15) is 23.1 Å². The molecule has 0 aliphatic heterocycles. The molecule has 41 heavy (non-hydrogen) atoms. The van der Waals surface area contributed by atoms with Gasteiger partial charge in [-0.1, -0.05) is 35.9 Å². The van der Waals surface area contributed by atoms with Crippen LogP contribution in [0.4, 0.5) is 26.7 Å². The fraction of sp³-hybridized carbons (Fsp3) is 0.259. The lowest BCUT2D eigenvalue weighted by Gasteiger charge is -2.26. The van der Waals surface area contributed by atoms with Crippen molar-refractivity contribution in [2.75, 3.05) is 23.3 Å². The number of sulfonamides is 1. The van der Waals surface area contributed by atoms with E-state index in [1.807, 2.05) is 0 Å². The average molecular weight is 733 g/mol. The molecule has 0 heterocycles. The summed E-state index contributed by atoms with van der Waals surface area (Å²) in [6.07, 6.45) is -0.393. The summed E-state index contributed by atoms with van der Waals surface area (Å²) in [7, 11) is -4.34. The molecule has 14 heteroatoms. The van der Waals surface area contributed by atoms with Crippen LogP contribution < -0.4 is 20.3 Å².